The Hall–Kier alpha value is -3.39. The van der Waals surface area contributed by atoms with Gasteiger partial charge in [0.05, 0.1) is 23.7 Å². The second-order valence-electron chi connectivity index (χ2n) is 7.28. The highest BCUT2D eigenvalue weighted by atomic mass is 32.2. The smallest absolute Gasteiger partial charge is 0.336 e. The molecule has 2 heterocycles. The minimum atomic E-state index is -0.727. The first-order chi connectivity index (χ1) is 15.5. The number of carbonyl (C=O) groups excluding carboxylic acids is 1. The van der Waals surface area contributed by atoms with Crippen molar-refractivity contribution in [3.05, 3.63) is 98.7 Å². The van der Waals surface area contributed by atoms with Crippen LogP contribution < -0.4 is 10.9 Å². The molecule has 0 saturated carbocycles. The van der Waals surface area contributed by atoms with Gasteiger partial charge in [-0.05, 0) is 37.1 Å². The van der Waals surface area contributed by atoms with Crippen molar-refractivity contribution in [1.82, 2.24) is 9.97 Å². The number of anilines is 1. The van der Waals surface area contributed by atoms with E-state index < -0.39 is 17.7 Å². The van der Waals surface area contributed by atoms with E-state index in [2.05, 4.69) is 15.3 Å². The minimum absolute atomic E-state index is 0.197. The van der Waals surface area contributed by atoms with Crippen LogP contribution in [0.3, 0.4) is 0 Å². The first kappa shape index (κ1) is 21.8. The number of esters is 1. The number of halogens is 1. The summed E-state index contributed by atoms with van der Waals surface area (Å²) in [5.74, 6) is -0.632. The van der Waals surface area contributed by atoms with Gasteiger partial charge in [0.25, 0.3) is 5.56 Å². The van der Waals surface area contributed by atoms with Gasteiger partial charge < -0.3 is 15.0 Å². The Morgan fingerprint density at radius 2 is 1.88 bits per heavy atom. The number of carbonyl (C=O) groups is 1. The Kier molecular flexibility index (Phi) is 6.41. The molecule has 2 N–H and O–H groups in total. The summed E-state index contributed by atoms with van der Waals surface area (Å²) in [4.78, 5) is 33.4. The predicted octanol–water partition coefficient (Wildman–Crippen LogP) is 4.60. The fourth-order valence-electron chi connectivity index (χ4n) is 3.69. The fraction of sp³-hybridized carbons (Fsp3) is 0.208. The van der Waals surface area contributed by atoms with Gasteiger partial charge in [-0.3, -0.25) is 4.79 Å². The Morgan fingerprint density at radius 3 is 2.56 bits per heavy atom. The third-order valence-corrected chi connectivity index (χ3v) is 6.08. The SMILES string of the molecule is CCOC(=O)C1=C(C)Nc2nc(SCc3ccccc3)[nH]c(=O)c2[C@@H]1c1ccc(F)cc1. The van der Waals surface area contributed by atoms with Crippen LogP contribution in [-0.4, -0.2) is 22.5 Å². The Bertz CT molecular complexity index is 1220. The summed E-state index contributed by atoms with van der Waals surface area (Å²) in [7, 11) is 0. The van der Waals surface area contributed by atoms with Crippen molar-refractivity contribution in [2.45, 2.75) is 30.7 Å². The number of rotatable bonds is 6. The van der Waals surface area contributed by atoms with Crippen LogP contribution in [0.15, 0.2) is 75.8 Å². The van der Waals surface area contributed by atoms with Gasteiger partial charge in [-0.25, -0.2) is 14.2 Å². The lowest BCUT2D eigenvalue weighted by molar-refractivity contribution is -0.138. The highest BCUT2D eigenvalue weighted by molar-refractivity contribution is 7.98. The number of hydrogen-bond donors (Lipinski definition) is 2. The van der Waals surface area contributed by atoms with Gasteiger partial charge in [0, 0.05) is 11.4 Å². The van der Waals surface area contributed by atoms with Crippen molar-refractivity contribution in [2.24, 2.45) is 0 Å². The topological polar surface area (TPSA) is 84.1 Å². The molecule has 0 bridgehead atoms. The van der Waals surface area contributed by atoms with Crippen LogP contribution >= 0.6 is 11.8 Å². The summed E-state index contributed by atoms with van der Waals surface area (Å²) in [6, 6.07) is 15.6. The zero-order valence-corrected chi connectivity index (χ0v) is 18.5. The first-order valence-electron chi connectivity index (χ1n) is 10.2. The molecule has 0 saturated heterocycles. The molecular formula is C24H22FN3O3S. The van der Waals surface area contributed by atoms with Crippen molar-refractivity contribution < 1.29 is 13.9 Å². The maximum absolute atomic E-state index is 13.6. The van der Waals surface area contributed by atoms with E-state index in [1.54, 1.807) is 26.0 Å². The number of nitrogens with one attached hydrogen (secondary N) is 2. The molecule has 0 aliphatic carbocycles. The Balaban J connectivity index is 1.76. The number of benzene rings is 2. The van der Waals surface area contributed by atoms with Crippen LogP contribution in [0.1, 0.15) is 36.5 Å². The quantitative estimate of drug-likeness (QED) is 0.324. The number of H-pyrrole nitrogens is 1. The maximum atomic E-state index is 13.6. The third-order valence-electron chi connectivity index (χ3n) is 5.14. The predicted molar refractivity (Wildman–Crippen MR) is 122 cm³/mol. The largest absolute Gasteiger partial charge is 0.463 e. The summed E-state index contributed by atoms with van der Waals surface area (Å²) < 4.78 is 18.8. The number of nitrogens with zero attached hydrogens (tertiary/aromatic N) is 1. The van der Waals surface area contributed by atoms with Crippen molar-refractivity contribution in [3.63, 3.8) is 0 Å². The first-order valence-corrected chi connectivity index (χ1v) is 11.2. The van der Waals surface area contributed by atoms with Gasteiger partial charge >= 0.3 is 5.97 Å². The molecule has 0 amide bonds. The molecule has 1 aliphatic rings. The van der Waals surface area contributed by atoms with Crippen molar-refractivity contribution in [1.29, 1.82) is 0 Å². The fourth-order valence-corrected chi connectivity index (χ4v) is 4.51. The number of hydrogen-bond acceptors (Lipinski definition) is 6. The molecule has 164 valence electrons. The van der Waals surface area contributed by atoms with E-state index in [1.165, 1.54) is 23.9 Å². The van der Waals surface area contributed by atoms with Crippen LogP contribution in [0.25, 0.3) is 0 Å². The van der Waals surface area contributed by atoms with Crippen LogP contribution in [0.2, 0.25) is 0 Å². The Morgan fingerprint density at radius 1 is 1.16 bits per heavy atom. The van der Waals surface area contributed by atoms with Gasteiger partial charge in [-0.1, -0.05) is 54.2 Å². The van der Waals surface area contributed by atoms with Crippen LogP contribution in [0, 0.1) is 5.82 Å². The zero-order valence-electron chi connectivity index (χ0n) is 17.6. The average Bonchev–Trinajstić information content (AvgIpc) is 2.78. The van der Waals surface area contributed by atoms with E-state index in [9.17, 15) is 14.0 Å². The number of ether oxygens (including phenoxy) is 1. The lowest BCUT2D eigenvalue weighted by Gasteiger charge is -2.28. The molecule has 1 aliphatic heterocycles. The van der Waals surface area contributed by atoms with Crippen molar-refractivity contribution in [2.75, 3.05) is 11.9 Å². The summed E-state index contributed by atoms with van der Waals surface area (Å²) >= 11 is 1.41. The van der Waals surface area contributed by atoms with Crippen LogP contribution in [0.4, 0.5) is 10.2 Å². The molecular weight excluding hydrogens is 429 g/mol. The molecule has 1 atom stereocenters. The van der Waals surface area contributed by atoms with E-state index in [1.807, 2.05) is 30.3 Å². The van der Waals surface area contributed by atoms with Crippen LogP contribution in [-0.2, 0) is 15.3 Å². The number of thioether (sulfide) groups is 1. The Labute approximate surface area is 188 Å². The van der Waals surface area contributed by atoms with Gasteiger partial charge in [-0.2, -0.15) is 0 Å². The molecule has 0 unspecified atom stereocenters. The zero-order chi connectivity index (χ0) is 22.7. The third kappa shape index (κ3) is 4.45. The average molecular weight is 452 g/mol. The second kappa shape index (κ2) is 9.40. The molecule has 3 aromatic rings. The van der Waals surface area contributed by atoms with Gasteiger partial charge in [0.2, 0.25) is 0 Å². The molecule has 1 aromatic heterocycles. The van der Waals surface area contributed by atoms with Crippen LogP contribution in [0.5, 0.6) is 0 Å². The molecule has 6 nitrogen and oxygen atoms in total. The summed E-state index contributed by atoms with van der Waals surface area (Å²) in [6.45, 7) is 3.66. The molecule has 0 radical (unpaired) electrons. The monoisotopic (exact) mass is 451 g/mol. The highest BCUT2D eigenvalue weighted by Crippen LogP contribution is 2.40. The number of allylic oxidation sites excluding steroid dienone is 1. The maximum Gasteiger partial charge on any atom is 0.336 e. The summed E-state index contributed by atoms with van der Waals surface area (Å²) in [5, 5.41) is 3.57. The summed E-state index contributed by atoms with van der Waals surface area (Å²) in [6.07, 6.45) is 0. The molecule has 4 rings (SSSR count). The van der Waals surface area contributed by atoms with E-state index in [-0.39, 0.29) is 12.2 Å². The van der Waals surface area contributed by atoms with E-state index in [0.29, 0.717) is 39.1 Å². The van der Waals surface area contributed by atoms with Gasteiger partial charge in [0.1, 0.15) is 11.6 Å². The van der Waals surface area contributed by atoms with E-state index in [0.717, 1.165) is 5.56 Å². The normalized spacial score (nSPS) is 15.2. The minimum Gasteiger partial charge on any atom is -0.463 e. The molecule has 2 aromatic carbocycles. The number of aromatic amines is 1. The van der Waals surface area contributed by atoms with Gasteiger partial charge in [0.15, 0.2) is 5.16 Å². The standard InChI is InChI=1S/C24H22FN3O3S/c1-3-31-23(30)18-14(2)26-21-20(19(18)16-9-11-17(25)12-10-16)22(29)28-24(27-21)32-13-15-7-5-4-6-8-15/h4-12,19H,3,13H2,1-2H3,(H2,26,27,28,29)/t19-/m1/s1. The second-order valence-corrected chi connectivity index (χ2v) is 8.24. The van der Waals surface area contributed by atoms with E-state index in [4.69, 9.17) is 4.74 Å². The van der Waals surface area contributed by atoms with Crippen molar-refractivity contribution in [3.8, 4) is 0 Å². The number of fused-ring (bicyclic) bond motifs is 1. The lowest BCUT2D eigenvalue weighted by atomic mass is 9.82. The molecule has 0 spiro atoms. The van der Waals surface area contributed by atoms with E-state index >= 15 is 0 Å². The molecule has 0 fully saturated rings. The van der Waals surface area contributed by atoms with Gasteiger partial charge in [-0.15, -0.1) is 0 Å². The summed E-state index contributed by atoms with van der Waals surface area (Å²) in [5.41, 5.74) is 2.51. The molecule has 32 heavy (non-hydrogen) atoms. The molecule has 8 heteroatoms. The van der Waals surface area contributed by atoms with Crippen molar-refractivity contribution >= 4 is 23.5 Å². The highest BCUT2D eigenvalue weighted by Gasteiger charge is 2.36. The lowest BCUT2D eigenvalue weighted by Crippen LogP contribution is -2.31. The number of aromatic nitrogens is 2.